The van der Waals surface area contributed by atoms with Crippen molar-refractivity contribution in [1.82, 2.24) is 0 Å². The van der Waals surface area contributed by atoms with Crippen LogP contribution in [-0.4, -0.2) is 23.5 Å². The van der Waals surface area contributed by atoms with Crippen molar-refractivity contribution in [1.29, 1.82) is 0 Å². The van der Waals surface area contributed by atoms with Gasteiger partial charge >= 0.3 is 0 Å². The highest BCUT2D eigenvalue weighted by Crippen LogP contribution is 2.45. The van der Waals surface area contributed by atoms with E-state index >= 15 is 0 Å². The van der Waals surface area contributed by atoms with Crippen molar-refractivity contribution in [2.75, 3.05) is 6.61 Å². The standard InChI is InChI=1S/C14H23NO2/c15-13(4-1-5-13)10-12(16)11-3-8-17-14(9-11)6-2-7-14/h11H,1-10,15H2. The maximum Gasteiger partial charge on any atom is 0.138 e. The zero-order chi connectivity index (χ0) is 11.9. The molecule has 0 aromatic carbocycles. The topological polar surface area (TPSA) is 52.3 Å². The first-order chi connectivity index (χ1) is 8.11. The van der Waals surface area contributed by atoms with Crippen molar-refractivity contribution < 1.29 is 9.53 Å². The number of rotatable bonds is 3. The zero-order valence-corrected chi connectivity index (χ0v) is 10.5. The number of carbonyl (C=O) groups excluding carboxylic acids is 1. The molecule has 1 saturated heterocycles. The molecule has 3 fully saturated rings. The van der Waals surface area contributed by atoms with Gasteiger partial charge in [-0.2, -0.15) is 0 Å². The molecule has 1 aliphatic heterocycles. The second-order valence-corrected chi connectivity index (χ2v) is 6.43. The van der Waals surface area contributed by atoms with Gasteiger partial charge in [-0.05, 0) is 51.4 Å². The van der Waals surface area contributed by atoms with Crippen LogP contribution in [0.1, 0.15) is 57.8 Å². The Morgan fingerprint density at radius 1 is 1.24 bits per heavy atom. The summed E-state index contributed by atoms with van der Waals surface area (Å²) in [5.41, 5.74) is 6.11. The lowest BCUT2D eigenvalue weighted by Crippen LogP contribution is -2.51. The zero-order valence-electron chi connectivity index (χ0n) is 10.5. The molecule has 1 unspecified atom stereocenters. The summed E-state index contributed by atoms with van der Waals surface area (Å²) in [6, 6.07) is 0. The third-order valence-corrected chi connectivity index (χ3v) is 5.09. The summed E-state index contributed by atoms with van der Waals surface area (Å²) in [4.78, 5) is 12.3. The summed E-state index contributed by atoms with van der Waals surface area (Å²) in [7, 11) is 0. The van der Waals surface area contributed by atoms with Crippen LogP contribution in [0.5, 0.6) is 0 Å². The number of hydrogen-bond donors (Lipinski definition) is 1. The van der Waals surface area contributed by atoms with E-state index in [2.05, 4.69) is 0 Å². The molecule has 0 amide bonds. The molecule has 96 valence electrons. The smallest absolute Gasteiger partial charge is 0.138 e. The van der Waals surface area contributed by atoms with Crippen LogP contribution in [0.4, 0.5) is 0 Å². The van der Waals surface area contributed by atoms with Crippen LogP contribution in [0.15, 0.2) is 0 Å². The highest BCUT2D eigenvalue weighted by molar-refractivity contribution is 5.82. The average molecular weight is 237 g/mol. The molecule has 1 atom stereocenters. The van der Waals surface area contributed by atoms with Crippen LogP contribution in [0.2, 0.25) is 0 Å². The van der Waals surface area contributed by atoms with Crippen LogP contribution < -0.4 is 5.73 Å². The third kappa shape index (κ3) is 2.15. The molecule has 3 rings (SSSR count). The summed E-state index contributed by atoms with van der Waals surface area (Å²) in [5.74, 6) is 0.631. The van der Waals surface area contributed by atoms with E-state index in [9.17, 15) is 4.79 Å². The van der Waals surface area contributed by atoms with E-state index < -0.39 is 0 Å². The number of Topliss-reactive ketones (excluding diaryl/α,β-unsaturated/α-hetero) is 1. The van der Waals surface area contributed by atoms with Crippen molar-refractivity contribution in [2.24, 2.45) is 11.7 Å². The molecular weight excluding hydrogens is 214 g/mol. The van der Waals surface area contributed by atoms with E-state index in [1.165, 1.54) is 12.8 Å². The van der Waals surface area contributed by atoms with Crippen LogP contribution in [-0.2, 0) is 9.53 Å². The van der Waals surface area contributed by atoms with Gasteiger partial charge in [0, 0.05) is 24.5 Å². The molecule has 2 N–H and O–H groups in total. The minimum Gasteiger partial charge on any atom is -0.375 e. The molecular formula is C14H23NO2. The first-order valence-corrected chi connectivity index (χ1v) is 7.07. The Labute approximate surface area is 103 Å². The predicted molar refractivity (Wildman–Crippen MR) is 65.7 cm³/mol. The molecule has 0 bridgehead atoms. The van der Waals surface area contributed by atoms with Crippen molar-refractivity contribution in [3.8, 4) is 0 Å². The molecule has 2 aliphatic carbocycles. The summed E-state index contributed by atoms with van der Waals surface area (Å²) < 4.78 is 5.87. The Morgan fingerprint density at radius 3 is 2.47 bits per heavy atom. The predicted octanol–water partition coefficient (Wildman–Crippen LogP) is 2.18. The van der Waals surface area contributed by atoms with Crippen molar-refractivity contribution >= 4 is 5.78 Å². The van der Waals surface area contributed by atoms with Crippen molar-refractivity contribution in [3.63, 3.8) is 0 Å². The fourth-order valence-corrected chi connectivity index (χ4v) is 3.52. The first-order valence-electron chi connectivity index (χ1n) is 7.07. The lowest BCUT2D eigenvalue weighted by molar-refractivity contribution is -0.156. The van der Waals surface area contributed by atoms with E-state index in [4.69, 9.17) is 10.5 Å². The van der Waals surface area contributed by atoms with Gasteiger partial charge in [-0.15, -0.1) is 0 Å². The Balaban J connectivity index is 1.57. The minimum atomic E-state index is -0.151. The summed E-state index contributed by atoms with van der Waals surface area (Å²) >= 11 is 0. The lowest BCUT2D eigenvalue weighted by atomic mass is 9.68. The largest absolute Gasteiger partial charge is 0.375 e. The molecule has 2 saturated carbocycles. The normalized spacial score (nSPS) is 33.8. The van der Waals surface area contributed by atoms with Gasteiger partial charge in [0.25, 0.3) is 0 Å². The van der Waals surface area contributed by atoms with E-state index in [-0.39, 0.29) is 17.1 Å². The van der Waals surface area contributed by atoms with Gasteiger partial charge in [0.1, 0.15) is 5.78 Å². The van der Waals surface area contributed by atoms with Crippen LogP contribution in [0.25, 0.3) is 0 Å². The second kappa shape index (κ2) is 4.06. The van der Waals surface area contributed by atoms with Gasteiger partial charge in [0.05, 0.1) is 5.60 Å². The first kappa shape index (κ1) is 11.7. The molecule has 17 heavy (non-hydrogen) atoms. The monoisotopic (exact) mass is 237 g/mol. The van der Waals surface area contributed by atoms with Gasteiger partial charge in [0.2, 0.25) is 0 Å². The molecule has 3 aliphatic rings. The van der Waals surface area contributed by atoms with Gasteiger partial charge in [-0.1, -0.05) is 0 Å². The van der Waals surface area contributed by atoms with Gasteiger partial charge < -0.3 is 10.5 Å². The summed E-state index contributed by atoms with van der Waals surface area (Å²) in [6.45, 7) is 0.772. The number of nitrogens with two attached hydrogens (primary N) is 1. The molecule has 0 radical (unpaired) electrons. The van der Waals surface area contributed by atoms with E-state index in [0.29, 0.717) is 12.2 Å². The second-order valence-electron chi connectivity index (χ2n) is 6.43. The fraction of sp³-hybridized carbons (Fsp3) is 0.929. The Morgan fingerprint density at radius 2 is 1.94 bits per heavy atom. The number of ketones is 1. The average Bonchev–Trinajstić information content (AvgIpc) is 2.25. The van der Waals surface area contributed by atoms with Crippen LogP contribution >= 0.6 is 0 Å². The quantitative estimate of drug-likeness (QED) is 0.818. The van der Waals surface area contributed by atoms with Crippen LogP contribution in [0, 0.1) is 5.92 Å². The highest BCUT2D eigenvalue weighted by atomic mass is 16.5. The lowest BCUT2D eigenvalue weighted by Gasteiger charge is -2.47. The minimum absolute atomic E-state index is 0.0833. The number of hydrogen-bond acceptors (Lipinski definition) is 3. The van der Waals surface area contributed by atoms with E-state index in [1.807, 2.05) is 0 Å². The Bertz CT molecular complexity index is 318. The van der Waals surface area contributed by atoms with Gasteiger partial charge in [-0.25, -0.2) is 0 Å². The Kier molecular flexibility index (Phi) is 2.79. The van der Waals surface area contributed by atoms with Gasteiger partial charge in [0.15, 0.2) is 0 Å². The fourth-order valence-electron chi connectivity index (χ4n) is 3.52. The third-order valence-electron chi connectivity index (χ3n) is 5.09. The number of ether oxygens (including phenoxy) is 1. The molecule has 1 heterocycles. The van der Waals surface area contributed by atoms with Crippen molar-refractivity contribution in [2.45, 2.75) is 68.9 Å². The molecule has 3 nitrogen and oxygen atoms in total. The molecule has 3 heteroatoms. The SMILES string of the molecule is NC1(CC(=O)C2CCOC3(CCC3)C2)CCC1. The summed E-state index contributed by atoms with van der Waals surface area (Å²) in [5, 5.41) is 0. The summed E-state index contributed by atoms with van der Waals surface area (Å²) in [6.07, 6.45) is 9.32. The van der Waals surface area contributed by atoms with E-state index in [1.54, 1.807) is 0 Å². The van der Waals surface area contributed by atoms with Gasteiger partial charge in [-0.3, -0.25) is 4.79 Å². The van der Waals surface area contributed by atoms with E-state index in [0.717, 1.165) is 45.1 Å². The Hall–Kier alpha value is -0.410. The maximum atomic E-state index is 12.3. The maximum absolute atomic E-state index is 12.3. The molecule has 0 aromatic rings. The van der Waals surface area contributed by atoms with Crippen molar-refractivity contribution in [3.05, 3.63) is 0 Å². The van der Waals surface area contributed by atoms with Crippen LogP contribution in [0.3, 0.4) is 0 Å². The molecule has 0 aromatic heterocycles. The highest BCUT2D eigenvalue weighted by Gasteiger charge is 2.45. The molecule has 1 spiro atoms. The number of carbonyl (C=O) groups is 1.